The van der Waals surface area contributed by atoms with Crippen molar-refractivity contribution in [3.05, 3.63) is 29.8 Å². The third-order valence-electron chi connectivity index (χ3n) is 3.21. The molecule has 1 saturated carbocycles. The Kier molecular flexibility index (Phi) is 3.89. The minimum atomic E-state index is -4.24. The third-order valence-corrected chi connectivity index (χ3v) is 3.21. The van der Waals surface area contributed by atoms with Crippen LogP contribution in [-0.4, -0.2) is 35.9 Å². The normalized spacial score (nSPS) is 16.8. The molecule has 1 aliphatic rings. The SMILES string of the molecule is O=C(O)c1cccc(OCCNC2(C(F)(F)F)CC2)c1. The molecule has 7 heteroatoms. The summed E-state index contributed by atoms with van der Waals surface area (Å²) in [5.74, 6) is -0.758. The highest BCUT2D eigenvalue weighted by molar-refractivity contribution is 5.87. The standard InChI is InChI=1S/C13H14F3NO3/c14-13(15,16)12(4-5-12)17-6-7-20-10-3-1-2-9(8-10)11(18)19/h1-3,8,17H,4-7H2,(H,18,19). The minimum Gasteiger partial charge on any atom is -0.492 e. The van der Waals surface area contributed by atoms with Crippen LogP contribution < -0.4 is 10.1 Å². The lowest BCUT2D eigenvalue weighted by molar-refractivity contribution is -0.165. The number of carboxylic acids is 1. The molecule has 0 heterocycles. The van der Waals surface area contributed by atoms with E-state index < -0.39 is 17.7 Å². The van der Waals surface area contributed by atoms with Crippen LogP contribution in [0, 0.1) is 0 Å². The van der Waals surface area contributed by atoms with Crippen LogP contribution in [0.25, 0.3) is 0 Å². The Bertz CT molecular complexity index is 498. The molecular formula is C13H14F3NO3. The van der Waals surface area contributed by atoms with Gasteiger partial charge in [0.1, 0.15) is 17.9 Å². The number of hydrogen-bond acceptors (Lipinski definition) is 3. The van der Waals surface area contributed by atoms with Gasteiger partial charge in [-0.1, -0.05) is 6.07 Å². The smallest absolute Gasteiger partial charge is 0.406 e. The van der Waals surface area contributed by atoms with Gasteiger partial charge in [0, 0.05) is 6.54 Å². The number of halogens is 3. The molecule has 0 spiro atoms. The zero-order valence-electron chi connectivity index (χ0n) is 10.5. The molecule has 1 aliphatic carbocycles. The van der Waals surface area contributed by atoms with E-state index in [9.17, 15) is 18.0 Å². The highest BCUT2D eigenvalue weighted by Crippen LogP contribution is 2.48. The predicted molar refractivity (Wildman–Crippen MR) is 64.9 cm³/mol. The van der Waals surface area contributed by atoms with Crippen LogP contribution in [0.5, 0.6) is 5.75 Å². The summed E-state index contributed by atoms with van der Waals surface area (Å²) < 4.78 is 43.1. The number of ether oxygens (including phenoxy) is 1. The van der Waals surface area contributed by atoms with E-state index in [0.29, 0.717) is 5.75 Å². The predicted octanol–water partition coefficient (Wildman–Crippen LogP) is 2.45. The van der Waals surface area contributed by atoms with Crippen molar-refractivity contribution in [1.82, 2.24) is 5.32 Å². The van der Waals surface area contributed by atoms with Crippen molar-refractivity contribution in [3.8, 4) is 5.75 Å². The molecule has 2 N–H and O–H groups in total. The van der Waals surface area contributed by atoms with Gasteiger partial charge in [-0.15, -0.1) is 0 Å². The Morgan fingerprint density at radius 1 is 1.40 bits per heavy atom. The molecule has 0 unspecified atom stereocenters. The number of alkyl halides is 3. The summed E-state index contributed by atoms with van der Waals surface area (Å²) in [5.41, 5.74) is -1.68. The average molecular weight is 289 g/mol. The molecule has 110 valence electrons. The fourth-order valence-electron chi connectivity index (χ4n) is 1.86. The number of benzene rings is 1. The molecule has 2 rings (SSSR count). The molecule has 0 aliphatic heterocycles. The first-order valence-corrected chi connectivity index (χ1v) is 6.12. The van der Waals surface area contributed by atoms with Gasteiger partial charge in [0.25, 0.3) is 0 Å². The summed E-state index contributed by atoms with van der Waals surface area (Å²) in [4.78, 5) is 10.7. The number of carbonyl (C=O) groups is 1. The van der Waals surface area contributed by atoms with E-state index in [4.69, 9.17) is 9.84 Å². The Balaban J connectivity index is 1.79. The maximum absolute atomic E-state index is 12.6. The third kappa shape index (κ3) is 3.22. The molecule has 0 bridgehead atoms. The van der Waals surface area contributed by atoms with Crippen molar-refractivity contribution < 1.29 is 27.8 Å². The van der Waals surface area contributed by atoms with E-state index in [2.05, 4.69) is 5.32 Å². The van der Waals surface area contributed by atoms with Gasteiger partial charge in [0.2, 0.25) is 0 Å². The van der Waals surface area contributed by atoms with E-state index in [-0.39, 0.29) is 31.6 Å². The topological polar surface area (TPSA) is 58.6 Å². The lowest BCUT2D eigenvalue weighted by Crippen LogP contribution is -2.46. The lowest BCUT2D eigenvalue weighted by Gasteiger charge is -2.20. The summed E-state index contributed by atoms with van der Waals surface area (Å²) in [6.45, 7) is 0.0950. The molecule has 1 aromatic rings. The number of rotatable bonds is 6. The van der Waals surface area contributed by atoms with Crippen LogP contribution in [0.15, 0.2) is 24.3 Å². The summed E-state index contributed by atoms with van der Waals surface area (Å²) in [6, 6.07) is 5.82. The van der Waals surface area contributed by atoms with Crippen LogP contribution in [0.1, 0.15) is 23.2 Å². The molecule has 0 atom stereocenters. The van der Waals surface area contributed by atoms with Gasteiger partial charge in [-0.05, 0) is 31.0 Å². The summed E-state index contributed by atoms with van der Waals surface area (Å²) in [7, 11) is 0. The molecule has 1 fully saturated rings. The van der Waals surface area contributed by atoms with E-state index in [0.717, 1.165) is 0 Å². The molecule has 0 saturated heterocycles. The number of hydrogen-bond donors (Lipinski definition) is 2. The highest BCUT2D eigenvalue weighted by atomic mass is 19.4. The molecule has 0 radical (unpaired) electrons. The molecule has 4 nitrogen and oxygen atoms in total. The van der Waals surface area contributed by atoms with E-state index >= 15 is 0 Å². The maximum atomic E-state index is 12.6. The van der Waals surface area contributed by atoms with Crippen molar-refractivity contribution >= 4 is 5.97 Å². The summed E-state index contributed by atoms with van der Waals surface area (Å²) >= 11 is 0. The Hall–Kier alpha value is -1.76. The van der Waals surface area contributed by atoms with Gasteiger partial charge >= 0.3 is 12.1 Å². The number of aromatic carboxylic acids is 1. The average Bonchev–Trinajstić information content (AvgIpc) is 3.15. The number of nitrogens with one attached hydrogen (secondary N) is 1. The van der Waals surface area contributed by atoms with Crippen molar-refractivity contribution in [2.75, 3.05) is 13.2 Å². The lowest BCUT2D eigenvalue weighted by atomic mass is 10.2. The van der Waals surface area contributed by atoms with Crippen LogP contribution in [0.4, 0.5) is 13.2 Å². The van der Waals surface area contributed by atoms with Crippen molar-refractivity contribution in [3.63, 3.8) is 0 Å². The van der Waals surface area contributed by atoms with E-state index in [1.165, 1.54) is 18.2 Å². The van der Waals surface area contributed by atoms with Crippen LogP contribution in [-0.2, 0) is 0 Å². The Morgan fingerprint density at radius 2 is 2.10 bits per heavy atom. The molecule has 1 aromatic carbocycles. The van der Waals surface area contributed by atoms with Crippen LogP contribution in [0.2, 0.25) is 0 Å². The Morgan fingerprint density at radius 3 is 2.65 bits per heavy atom. The molecule has 20 heavy (non-hydrogen) atoms. The first-order valence-electron chi connectivity index (χ1n) is 6.12. The minimum absolute atomic E-state index is 0.0426. The fraction of sp³-hybridized carbons (Fsp3) is 0.462. The Labute approximate surface area is 113 Å². The summed E-state index contributed by atoms with van der Waals surface area (Å²) in [5, 5.41) is 11.2. The summed E-state index contributed by atoms with van der Waals surface area (Å²) in [6.07, 6.45) is -4.06. The molecule has 0 amide bonds. The zero-order chi connectivity index (χ0) is 14.8. The second-order valence-corrected chi connectivity index (χ2v) is 4.69. The first-order chi connectivity index (χ1) is 9.34. The highest BCUT2D eigenvalue weighted by Gasteiger charge is 2.62. The number of carboxylic acid groups (broad SMARTS) is 1. The van der Waals surface area contributed by atoms with E-state index in [1.807, 2.05) is 0 Å². The fourth-order valence-corrected chi connectivity index (χ4v) is 1.86. The molecular weight excluding hydrogens is 275 g/mol. The van der Waals surface area contributed by atoms with Gasteiger partial charge < -0.3 is 15.2 Å². The first kappa shape index (κ1) is 14.6. The molecule has 0 aromatic heterocycles. The van der Waals surface area contributed by atoms with Gasteiger partial charge in [-0.3, -0.25) is 0 Å². The second kappa shape index (κ2) is 5.32. The van der Waals surface area contributed by atoms with Gasteiger partial charge in [-0.2, -0.15) is 13.2 Å². The van der Waals surface area contributed by atoms with Crippen molar-refractivity contribution in [2.24, 2.45) is 0 Å². The van der Waals surface area contributed by atoms with Crippen molar-refractivity contribution in [2.45, 2.75) is 24.6 Å². The van der Waals surface area contributed by atoms with Gasteiger partial charge in [-0.25, -0.2) is 4.79 Å². The van der Waals surface area contributed by atoms with Gasteiger partial charge in [0.15, 0.2) is 0 Å². The van der Waals surface area contributed by atoms with Gasteiger partial charge in [0.05, 0.1) is 5.56 Å². The van der Waals surface area contributed by atoms with Crippen LogP contribution in [0.3, 0.4) is 0 Å². The zero-order valence-corrected chi connectivity index (χ0v) is 10.5. The maximum Gasteiger partial charge on any atom is 0.406 e. The largest absolute Gasteiger partial charge is 0.492 e. The van der Waals surface area contributed by atoms with E-state index in [1.54, 1.807) is 6.07 Å². The van der Waals surface area contributed by atoms with Crippen molar-refractivity contribution in [1.29, 1.82) is 0 Å². The monoisotopic (exact) mass is 289 g/mol. The van der Waals surface area contributed by atoms with Crippen LogP contribution >= 0.6 is 0 Å². The quantitative estimate of drug-likeness (QED) is 0.790. The second-order valence-electron chi connectivity index (χ2n) is 4.69.